The number of likely N-dealkylation sites (N-methyl/N-ethyl adjacent to an activating group) is 1. The standard InChI is InChI=1S/C32H36N4O2/c1-23-4-7-26(8-5-23)21-36(22-29-19-28-18-24(2)6-13-30(28)33-31(29)37)32(38)27-11-9-25(10-12-27)20-35-16-14-34(3)15-17-35/h4-13,18-19H,14-17,20-22H2,1-3H3,(H,33,37). The van der Waals surface area contributed by atoms with Crippen LogP contribution in [0.5, 0.6) is 0 Å². The molecule has 196 valence electrons. The van der Waals surface area contributed by atoms with Crippen LogP contribution in [0.25, 0.3) is 10.9 Å². The summed E-state index contributed by atoms with van der Waals surface area (Å²) in [6, 6.07) is 24.0. The topological polar surface area (TPSA) is 59.7 Å². The van der Waals surface area contributed by atoms with Gasteiger partial charge in [0.2, 0.25) is 0 Å². The minimum Gasteiger partial charge on any atom is -0.330 e. The predicted molar refractivity (Wildman–Crippen MR) is 153 cm³/mol. The Labute approximate surface area is 224 Å². The maximum atomic E-state index is 13.8. The molecule has 1 amide bonds. The smallest absolute Gasteiger partial charge is 0.254 e. The first-order chi connectivity index (χ1) is 18.3. The molecule has 0 saturated carbocycles. The van der Waals surface area contributed by atoms with Crippen LogP contribution in [-0.4, -0.2) is 58.8 Å². The van der Waals surface area contributed by atoms with Gasteiger partial charge in [0.1, 0.15) is 0 Å². The Morgan fingerprint density at radius 3 is 2.18 bits per heavy atom. The number of hydrogen-bond acceptors (Lipinski definition) is 4. The Bertz CT molecular complexity index is 1470. The van der Waals surface area contributed by atoms with E-state index in [4.69, 9.17) is 0 Å². The average molecular weight is 509 g/mol. The summed E-state index contributed by atoms with van der Waals surface area (Å²) < 4.78 is 0. The highest BCUT2D eigenvalue weighted by molar-refractivity contribution is 5.94. The molecule has 0 unspecified atom stereocenters. The fraction of sp³-hybridized carbons (Fsp3) is 0.312. The lowest BCUT2D eigenvalue weighted by molar-refractivity contribution is 0.0729. The molecule has 1 aliphatic heterocycles. The van der Waals surface area contributed by atoms with E-state index in [-0.39, 0.29) is 18.0 Å². The molecule has 0 atom stereocenters. The first-order valence-electron chi connectivity index (χ1n) is 13.3. The zero-order valence-electron chi connectivity index (χ0n) is 22.5. The first kappa shape index (κ1) is 25.9. The summed E-state index contributed by atoms with van der Waals surface area (Å²) in [5.41, 5.74) is 6.38. The second kappa shape index (κ2) is 11.3. The van der Waals surface area contributed by atoms with Crippen molar-refractivity contribution in [1.82, 2.24) is 19.7 Å². The summed E-state index contributed by atoms with van der Waals surface area (Å²) in [5, 5.41) is 0.968. The predicted octanol–water partition coefficient (Wildman–Crippen LogP) is 4.73. The van der Waals surface area contributed by atoms with Crippen molar-refractivity contribution in [2.24, 2.45) is 0 Å². The molecule has 1 N–H and O–H groups in total. The number of benzene rings is 3. The van der Waals surface area contributed by atoms with Gasteiger partial charge in [-0.3, -0.25) is 14.5 Å². The van der Waals surface area contributed by atoms with Gasteiger partial charge in [-0.1, -0.05) is 53.6 Å². The van der Waals surface area contributed by atoms with Crippen molar-refractivity contribution < 1.29 is 4.79 Å². The summed E-state index contributed by atoms with van der Waals surface area (Å²) in [6.07, 6.45) is 0. The fourth-order valence-corrected chi connectivity index (χ4v) is 5.01. The van der Waals surface area contributed by atoms with Crippen LogP contribution in [0.3, 0.4) is 0 Å². The van der Waals surface area contributed by atoms with Gasteiger partial charge < -0.3 is 14.8 Å². The van der Waals surface area contributed by atoms with Crippen LogP contribution in [0.15, 0.2) is 77.6 Å². The highest BCUT2D eigenvalue weighted by Gasteiger charge is 2.20. The molecule has 0 spiro atoms. The number of aryl methyl sites for hydroxylation is 2. The van der Waals surface area contributed by atoms with E-state index >= 15 is 0 Å². The van der Waals surface area contributed by atoms with Crippen LogP contribution in [0.1, 0.15) is 38.2 Å². The van der Waals surface area contributed by atoms with Crippen LogP contribution in [0, 0.1) is 13.8 Å². The van der Waals surface area contributed by atoms with E-state index in [1.165, 1.54) is 11.1 Å². The lowest BCUT2D eigenvalue weighted by Gasteiger charge is -2.32. The van der Waals surface area contributed by atoms with Crippen LogP contribution < -0.4 is 5.56 Å². The van der Waals surface area contributed by atoms with E-state index in [0.717, 1.165) is 54.8 Å². The molecule has 0 aliphatic carbocycles. The molecule has 1 fully saturated rings. The van der Waals surface area contributed by atoms with Gasteiger partial charge in [-0.15, -0.1) is 0 Å². The number of piperazine rings is 1. The molecule has 1 aliphatic rings. The molecule has 6 heteroatoms. The molecule has 2 heterocycles. The van der Waals surface area contributed by atoms with Gasteiger partial charge in [0, 0.05) is 55.9 Å². The molecule has 1 aromatic heterocycles. The third-order valence-corrected chi connectivity index (χ3v) is 7.42. The summed E-state index contributed by atoms with van der Waals surface area (Å²) in [5.74, 6) is -0.0829. The Hall–Kier alpha value is -3.74. The van der Waals surface area contributed by atoms with E-state index in [1.807, 2.05) is 56.3 Å². The third kappa shape index (κ3) is 6.21. The highest BCUT2D eigenvalue weighted by Crippen LogP contribution is 2.18. The minimum atomic E-state index is -0.161. The first-order valence-corrected chi connectivity index (χ1v) is 13.3. The van der Waals surface area contributed by atoms with E-state index in [9.17, 15) is 9.59 Å². The quantitative estimate of drug-likeness (QED) is 0.392. The summed E-state index contributed by atoms with van der Waals surface area (Å²) in [6.45, 7) is 9.90. The van der Waals surface area contributed by atoms with Crippen molar-refractivity contribution in [2.45, 2.75) is 33.5 Å². The molecule has 5 rings (SSSR count). The molecule has 3 aromatic carbocycles. The Morgan fingerprint density at radius 1 is 0.816 bits per heavy atom. The van der Waals surface area contributed by atoms with Crippen molar-refractivity contribution in [2.75, 3.05) is 33.2 Å². The van der Waals surface area contributed by atoms with Gasteiger partial charge in [-0.05, 0) is 67.7 Å². The number of aromatic amines is 1. The number of carbonyl (C=O) groups excluding carboxylic acids is 1. The SMILES string of the molecule is Cc1ccc(CN(Cc2cc3cc(C)ccc3[nH]c2=O)C(=O)c2ccc(CN3CCN(C)CC3)cc2)cc1. The van der Waals surface area contributed by atoms with Crippen LogP contribution in [0.2, 0.25) is 0 Å². The highest BCUT2D eigenvalue weighted by atomic mass is 16.2. The van der Waals surface area contributed by atoms with Crippen molar-refractivity contribution in [1.29, 1.82) is 0 Å². The van der Waals surface area contributed by atoms with Crippen molar-refractivity contribution >= 4 is 16.8 Å². The number of carbonyl (C=O) groups is 1. The maximum Gasteiger partial charge on any atom is 0.254 e. The van der Waals surface area contributed by atoms with Crippen LogP contribution in [-0.2, 0) is 19.6 Å². The Kier molecular flexibility index (Phi) is 7.72. The Morgan fingerprint density at radius 2 is 1.47 bits per heavy atom. The van der Waals surface area contributed by atoms with E-state index in [1.54, 1.807) is 4.90 Å². The molecule has 6 nitrogen and oxygen atoms in total. The third-order valence-electron chi connectivity index (χ3n) is 7.42. The number of nitrogens with zero attached hydrogens (tertiary/aromatic N) is 3. The van der Waals surface area contributed by atoms with Crippen molar-refractivity contribution in [3.05, 3.63) is 117 Å². The second-order valence-electron chi connectivity index (χ2n) is 10.6. The minimum absolute atomic E-state index is 0.0829. The largest absolute Gasteiger partial charge is 0.330 e. The number of H-pyrrole nitrogens is 1. The number of rotatable bonds is 7. The van der Waals surface area contributed by atoms with E-state index < -0.39 is 0 Å². The monoisotopic (exact) mass is 508 g/mol. The van der Waals surface area contributed by atoms with Gasteiger partial charge in [0.15, 0.2) is 0 Å². The molecular formula is C32H36N4O2. The second-order valence-corrected chi connectivity index (χ2v) is 10.6. The number of amides is 1. The van der Waals surface area contributed by atoms with Gasteiger partial charge in [0.25, 0.3) is 11.5 Å². The number of nitrogens with one attached hydrogen (secondary N) is 1. The maximum absolute atomic E-state index is 13.8. The number of hydrogen-bond donors (Lipinski definition) is 1. The van der Waals surface area contributed by atoms with Crippen LogP contribution in [0.4, 0.5) is 0 Å². The molecule has 0 bridgehead atoms. The summed E-state index contributed by atoms with van der Waals surface area (Å²) in [4.78, 5) is 36.3. The zero-order valence-corrected chi connectivity index (χ0v) is 22.5. The Balaban J connectivity index is 1.39. The number of pyridine rings is 1. The van der Waals surface area contributed by atoms with Gasteiger partial charge >= 0.3 is 0 Å². The van der Waals surface area contributed by atoms with E-state index in [2.05, 4.69) is 52.2 Å². The lowest BCUT2D eigenvalue weighted by Crippen LogP contribution is -2.43. The van der Waals surface area contributed by atoms with Gasteiger partial charge in [-0.2, -0.15) is 0 Å². The number of aromatic nitrogens is 1. The summed E-state index contributed by atoms with van der Waals surface area (Å²) >= 11 is 0. The van der Waals surface area contributed by atoms with Gasteiger partial charge in [0.05, 0.1) is 6.54 Å². The molecule has 1 saturated heterocycles. The van der Waals surface area contributed by atoms with Gasteiger partial charge in [-0.25, -0.2) is 0 Å². The van der Waals surface area contributed by atoms with Crippen molar-refractivity contribution in [3.63, 3.8) is 0 Å². The fourth-order valence-electron chi connectivity index (χ4n) is 5.01. The van der Waals surface area contributed by atoms with Crippen molar-refractivity contribution in [3.8, 4) is 0 Å². The normalized spacial score (nSPS) is 14.6. The molecule has 0 radical (unpaired) electrons. The molecular weight excluding hydrogens is 472 g/mol. The molecule has 38 heavy (non-hydrogen) atoms. The number of fused-ring (bicyclic) bond motifs is 1. The lowest BCUT2D eigenvalue weighted by atomic mass is 10.1. The van der Waals surface area contributed by atoms with E-state index in [0.29, 0.717) is 17.7 Å². The molecule has 4 aromatic rings. The van der Waals surface area contributed by atoms with Crippen LogP contribution >= 0.6 is 0 Å². The zero-order chi connectivity index (χ0) is 26.6. The average Bonchev–Trinajstić information content (AvgIpc) is 2.91. The summed E-state index contributed by atoms with van der Waals surface area (Å²) in [7, 11) is 2.16.